The summed E-state index contributed by atoms with van der Waals surface area (Å²) in [5.41, 5.74) is 0.568. The quantitative estimate of drug-likeness (QED) is 0.901. The zero-order chi connectivity index (χ0) is 18.6. The first-order chi connectivity index (χ1) is 11.7. The van der Waals surface area contributed by atoms with E-state index in [1.54, 1.807) is 6.20 Å². The average molecular weight is 348 g/mol. The van der Waals surface area contributed by atoms with E-state index >= 15 is 0 Å². The Balaban J connectivity index is 2.00. The smallest absolute Gasteiger partial charge is 0.410 e. The minimum Gasteiger partial charge on any atom is -0.444 e. The Morgan fingerprint density at radius 2 is 2.16 bits per heavy atom. The molecule has 1 saturated heterocycles. The molecular weight excluding hydrogens is 316 g/mol. The number of hydrogen-bond donors (Lipinski definition) is 1. The van der Waals surface area contributed by atoms with Gasteiger partial charge in [-0.15, -0.1) is 0 Å². The summed E-state index contributed by atoms with van der Waals surface area (Å²) in [7, 11) is 3.98. The van der Waals surface area contributed by atoms with Gasteiger partial charge in [0.15, 0.2) is 5.82 Å². The fourth-order valence-corrected chi connectivity index (χ4v) is 3.14. The second-order valence-electron chi connectivity index (χ2n) is 8.03. The Labute approximate surface area is 151 Å². The molecule has 0 radical (unpaired) electrons. The fourth-order valence-electron chi connectivity index (χ4n) is 3.14. The summed E-state index contributed by atoms with van der Waals surface area (Å²) >= 11 is 0. The van der Waals surface area contributed by atoms with Crippen LogP contribution in [0.4, 0.5) is 16.3 Å². The third-order valence-corrected chi connectivity index (χ3v) is 4.41. The van der Waals surface area contributed by atoms with Gasteiger partial charge in [0.1, 0.15) is 5.60 Å². The van der Waals surface area contributed by atoms with Crippen molar-refractivity contribution in [3.8, 4) is 0 Å². The summed E-state index contributed by atoms with van der Waals surface area (Å²) in [4.78, 5) is 20.6. The molecule has 25 heavy (non-hydrogen) atoms. The monoisotopic (exact) mass is 348 g/mol. The second-order valence-corrected chi connectivity index (χ2v) is 8.03. The number of pyridine rings is 1. The summed E-state index contributed by atoms with van der Waals surface area (Å²) in [5.74, 6) is 1.31. The predicted octanol–water partition coefficient (Wildman–Crippen LogP) is 3.60. The van der Waals surface area contributed by atoms with Crippen LogP contribution < -0.4 is 10.2 Å². The zero-order valence-electron chi connectivity index (χ0n) is 16.4. The Morgan fingerprint density at radius 1 is 1.44 bits per heavy atom. The molecule has 1 fully saturated rings. The summed E-state index contributed by atoms with van der Waals surface area (Å²) in [6.45, 7) is 9.38. The molecule has 1 aromatic heterocycles. The molecule has 2 unspecified atom stereocenters. The van der Waals surface area contributed by atoms with E-state index < -0.39 is 5.60 Å². The van der Waals surface area contributed by atoms with Crippen LogP contribution in [-0.2, 0) is 4.74 Å². The van der Waals surface area contributed by atoms with Crippen molar-refractivity contribution in [1.82, 2.24) is 9.88 Å². The lowest BCUT2D eigenvalue weighted by atomic mass is 9.91. The van der Waals surface area contributed by atoms with E-state index in [-0.39, 0.29) is 12.1 Å². The van der Waals surface area contributed by atoms with E-state index in [4.69, 9.17) is 4.74 Å². The molecule has 0 bridgehead atoms. The molecule has 0 aromatic carbocycles. The van der Waals surface area contributed by atoms with Crippen LogP contribution in [0.3, 0.4) is 0 Å². The minimum atomic E-state index is -0.454. The summed E-state index contributed by atoms with van der Waals surface area (Å²) in [6, 6.07) is 4.23. The number of ether oxygens (including phenoxy) is 1. The second kappa shape index (κ2) is 7.93. The van der Waals surface area contributed by atoms with Crippen molar-refractivity contribution in [1.29, 1.82) is 0 Å². The molecule has 6 nitrogen and oxygen atoms in total. The summed E-state index contributed by atoms with van der Waals surface area (Å²) in [5, 5.41) is 3.59. The van der Waals surface area contributed by atoms with Crippen LogP contribution in [0.5, 0.6) is 0 Å². The highest BCUT2D eigenvalue weighted by Gasteiger charge is 2.30. The van der Waals surface area contributed by atoms with Crippen molar-refractivity contribution in [2.45, 2.75) is 52.2 Å². The SMILES string of the molecule is CC(Nc1cccnc1N(C)C)C1CCCN(C(=O)OC(C)(C)C)C1. The first kappa shape index (κ1) is 19.3. The molecule has 140 valence electrons. The van der Waals surface area contributed by atoms with Crippen LogP contribution in [0.15, 0.2) is 18.3 Å². The highest BCUT2D eigenvalue weighted by molar-refractivity contribution is 5.68. The number of anilines is 2. The summed E-state index contributed by atoms with van der Waals surface area (Å²) < 4.78 is 5.52. The van der Waals surface area contributed by atoms with Crippen LogP contribution in [-0.4, -0.2) is 54.8 Å². The molecule has 1 aliphatic heterocycles. The fraction of sp³-hybridized carbons (Fsp3) is 0.684. The van der Waals surface area contributed by atoms with Crippen LogP contribution in [0.2, 0.25) is 0 Å². The Morgan fingerprint density at radius 3 is 2.80 bits per heavy atom. The molecule has 6 heteroatoms. The van der Waals surface area contributed by atoms with Gasteiger partial charge in [-0.25, -0.2) is 9.78 Å². The van der Waals surface area contributed by atoms with E-state index in [0.717, 1.165) is 37.4 Å². The van der Waals surface area contributed by atoms with Gasteiger partial charge in [0, 0.05) is 39.4 Å². The van der Waals surface area contributed by atoms with Gasteiger partial charge in [0.2, 0.25) is 0 Å². The van der Waals surface area contributed by atoms with E-state index in [2.05, 4.69) is 17.2 Å². The van der Waals surface area contributed by atoms with E-state index in [1.165, 1.54) is 0 Å². The highest BCUT2D eigenvalue weighted by Crippen LogP contribution is 2.27. The molecule has 2 rings (SSSR count). The number of nitrogens with one attached hydrogen (secondary N) is 1. The highest BCUT2D eigenvalue weighted by atomic mass is 16.6. The third-order valence-electron chi connectivity index (χ3n) is 4.41. The van der Waals surface area contributed by atoms with Crippen LogP contribution in [0.25, 0.3) is 0 Å². The van der Waals surface area contributed by atoms with Gasteiger partial charge in [0.05, 0.1) is 5.69 Å². The van der Waals surface area contributed by atoms with Crippen LogP contribution in [0.1, 0.15) is 40.5 Å². The van der Waals surface area contributed by atoms with Crippen molar-refractivity contribution >= 4 is 17.6 Å². The van der Waals surface area contributed by atoms with Gasteiger partial charge in [-0.05, 0) is 58.6 Å². The molecule has 1 aliphatic rings. The number of amides is 1. The predicted molar refractivity (Wildman–Crippen MR) is 102 cm³/mol. The lowest BCUT2D eigenvalue weighted by molar-refractivity contribution is 0.0159. The van der Waals surface area contributed by atoms with Gasteiger partial charge in [0.25, 0.3) is 0 Å². The largest absolute Gasteiger partial charge is 0.444 e. The zero-order valence-corrected chi connectivity index (χ0v) is 16.4. The number of nitrogens with zero attached hydrogens (tertiary/aromatic N) is 3. The molecule has 1 aromatic rings. The lowest BCUT2D eigenvalue weighted by Crippen LogP contribution is -2.46. The van der Waals surface area contributed by atoms with E-state index in [0.29, 0.717) is 5.92 Å². The number of carbonyl (C=O) groups excluding carboxylic acids is 1. The first-order valence-electron chi connectivity index (χ1n) is 9.04. The Kier molecular flexibility index (Phi) is 6.14. The van der Waals surface area contributed by atoms with Crippen molar-refractivity contribution in [2.75, 3.05) is 37.4 Å². The van der Waals surface area contributed by atoms with E-state index in [1.807, 2.05) is 56.8 Å². The van der Waals surface area contributed by atoms with Crippen LogP contribution >= 0.6 is 0 Å². The molecular formula is C19H32N4O2. The summed E-state index contributed by atoms with van der Waals surface area (Å²) in [6.07, 6.45) is 3.70. The number of rotatable bonds is 4. The molecule has 0 spiro atoms. The molecule has 2 atom stereocenters. The molecule has 1 N–H and O–H groups in total. The minimum absolute atomic E-state index is 0.209. The van der Waals surface area contributed by atoms with Crippen LogP contribution in [0, 0.1) is 5.92 Å². The first-order valence-corrected chi connectivity index (χ1v) is 9.04. The lowest BCUT2D eigenvalue weighted by Gasteiger charge is -2.37. The van der Waals surface area contributed by atoms with Crippen molar-refractivity contribution in [3.63, 3.8) is 0 Å². The normalized spacial score (nSPS) is 19.3. The van der Waals surface area contributed by atoms with Crippen molar-refractivity contribution in [2.24, 2.45) is 5.92 Å². The van der Waals surface area contributed by atoms with Gasteiger partial charge >= 0.3 is 6.09 Å². The number of hydrogen-bond acceptors (Lipinski definition) is 5. The maximum Gasteiger partial charge on any atom is 0.410 e. The average Bonchev–Trinajstić information content (AvgIpc) is 2.53. The standard InChI is InChI=1S/C19H32N4O2/c1-14(21-16-10-7-11-20-17(16)22(5)6)15-9-8-12-23(13-15)18(24)25-19(2,3)4/h7,10-11,14-15,21H,8-9,12-13H2,1-6H3. The number of aromatic nitrogens is 1. The molecule has 0 aliphatic carbocycles. The van der Waals surface area contributed by atoms with Crippen molar-refractivity contribution < 1.29 is 9.53 Å². The maximum atomic E-state index is 12.4. The molecule has 1 amide bonds. The van der Waals surface area contributed by atoms with Gasteiger partial charge in [-0.1, -0.05) is 0 Å². The van der Waals surface area contributed by atoms with Crippen molar-refractivity contribution in [3.05, 3.63) is 18.3 Å². The van der Waals surface area contributed by atoms with Gasteiger partial charge in [-0.2, -0.15) is 0 Å². The maximum absolute atomic E-state index is 12.4. The Hall–Kier alpha value is -1.98. The van der Waals surface area contributed by atoms with Gasteiger partial charge < -0.3 is 19.9 Å². The molecule has 0 saturated carbocycles. The number of carbonyl (C=O) groups is 1. The van der Waals surface area contributed by atoms with Gasteiger partial charge in [-0.3, -0.25) is 0 Å². The third kappa shape index (κ3) is 5.51. The topological polar surface area (TPSA) is 57.7 Å². The Bertz CT molecular complexity index is 583. The van der Waals surface area contributed by atoms with E-state index in [9.17, 15) is 4.79 Å². The number of likely N-dealkylation sites (tertiary alicyclic amines) is 1. The number of piperidine rings is 1. The molecule has 2 heterocycles.